The third kappa shape index (κ3) is 2.35. The quantitative estimate of drug-likeness (QED) is 0.558. The predicted molar refractivity (Wildman–Crippen MR) is 40.5 cm³/mol. The van der Waals surface area contributed by atoms with Gasteiger partial charge in [0.2, 0.25) is 0 Å². The minimum absolute atomic E-state index is 0.727. The third-order valence-electron chi connectivity index (χ3n) is 2.12. The van der Waals surface area contributed by atoms with Crippen LogP contribution in [0.1, 0.15) is 26.7 Å². The zero-order chi connectivity index (χ0) is 6.85. The lowest BCUT2D eigenvalue weighted by molar-refractivity contribution is 0.263. The average Bonchev–Trinajstić information content (AvgIpc) is 2.50. The standard InChI is InChI=1S/C8H17N/c1-7(2)9(3)6-8-4-5-8/h7-8H,4-6H2,1-3H3. The maximum absolute atomic E-state index is 2.43. The summed E-state index contributed by atoms with van der Waals surface area (Å²) in [6.45, 7) is 5.82. The molecule has 1 rings (SSSR count). The molecule has 1 saturated carbocycles. The Bertz CT molecular complexity index is 84.6. The molecular formula is C8H17N. The van der Waals surface area contributed by atoms with E-state index in [1.165, 1.54) is 19.4 Å². The van der Waals surface area contributed by atoms with Crippen LogP contribution in [0.5, 0.6) is 0 Å². The van der Waals surface area contributed by atoms with E-state index in [1.54, 1.807) is 0 Å². The first-order chi connectivity index (χ1) is 4.20. The van der Waals surface area contributed by atoms with Gasteiger partial charge in [-0.15, -0.1) is 0 Å². The van der Waals surface area contributed by atoms with Crippen molar-refractivity contribution in [3.63, 3.8) is 0 Å². The zero-order valence-electron chi connectivity index (χ0n) is 6.72. The molecule has 0 saturated heterocycles. The van der Waals surface area contributed by atoms with Crippen LogP contribution in [0.15, 0.2) is 0 Å². The predicted octanol–water partition coefficient (Wildman–Crippen LogP) is 1.74. The lowest BCUT2D eigenvalue weighted by Gasteiger charge is -2.20. The number of nitrogens with zero attached hydrogens (tertiary/aromatic N) is 1. The SMILES string of the molecule is CC(C)N(C)CC1CC1. The average molecular weight is 127 g/mol. The summed E-state index contributed by atoms with van der Waals surface area (Å²) in [6, 6.07) is 0.727. The monoisotopic (exact) mass is 127 g/mol. The molecule has 0 radical (unpaired) electrons. The molecule has 54 valence electrons. The Morgan fingerprint density at radius 3 is 2.33 bits per heavy atom. The van der Waals surface area contributed by atoms with Crippen LogP contribution in [-0.2, 0) is 0 Å². The van der Waals surface area contributed by atoms with Crippen molar-refractivity contribution >= 4 is 0 Å². The molecule has 0 aliphatic heterocycles. The minimum Gasteiger partial charge on any atom is -0.304 e. The second-order valence-electron chi connectivity index (χ2n) is 3.48. The summed E-state index contributed by atoms with van der Waals surface area (Å²) in [4.78, 5) is 2.43. The molecule has 1 heteroatoms. The smallest absolute Gasteiger partial charge is 0.00356 e. The van der Waals surface area contributed by atoms with E-state index in [9.17, 15) is 0 Å². The molecule has 0 heterocycles. The van der Waals surface area contributed by atoms with Gasteiger partial charge in [-0.2, -0.15) is 0 Å². The molecule has 0 aromatic rings. The lowest BCUT2D eigenvalue weighted by Crippen LogP contribution is -2.28. The Morgan fingerprint density at radius 1 is 1.44 bits per heavy atom. The summed E-state index contributed by atoms with van der Waals surface area (Å²) in [5, 5.41) is 0. The molecule has 1 fully saturated rings. The van der Waals surface area contributed by atoms with Gasteiger partial charge in [-0.1, -0.05) is 0 Å². The fourth-order valence-electron chi connectivity index (χ4n) is 0.919. The van der Waals surface area contributed by atoms with Gasteiger partial charge in [0.1, 0.15) is 0 Å². The molecule has 1 aliphatic carbocycles. The number of hydrogen-bond donors (Lipinski definition) is 0. The lowest BCUT2D eigenvalue weighted by atomic mass is 10.3. The van der Waals surface area contributed by atoms with Crippen molar-refractivity contribution in [2.24, 2.45) is 5.92 Å². The summed E-state index contributed by atoms with van der Waals surface area (Å²) >= 11 is 0. The first-order valence-electron chi connectivity index (χ1n) is 3.90. The van der Waals surface area contributed by atoms with Gasteiger partial charge >= 0.3 is 0 Å². The molecule has 1 nitrogen and oxygen atoms in total. The summed E-state index contributed by atoms with van der Waals surface area (Å²) in [5.74, 6) is 1.04. The maximum Gasteiger partial charge on any atom is 0.00356 e. The van der Waals surface area contributed by atoms with E-state index in [4.69, 9.17) is 0 Å². The second kappa shape index (κ2) is 2.70. The molecule has 9 heavy (non-hydrogen) atoms. The normalized spacial score (nSPS) is 19.7. The van der Waals surface area contributed by atoms with Crippen LogP contribution in [0.3, 0.4) is 0 Å². The summed E-state index contributed by atoms with van der Waals surface area (Å²) < 4.78 is 0. The number of rotatable bonds is 3. The highest BCUT2D eigenvalue weighted by Crippen LogP contribution is 2.29. The van der Waals surface area contributed by atoms with Crippen molar-refractivity contribution in [2.45, 2.75) is 32.7 Å². The topological polar surface area (TPSA) is 3.24 Å². The first kappa shape index (κ1) is 7.07. The molecule has 0 atom stereocenters. The fraction of sp³-hybridized carbons (Fsp3) is 1.00. The molecular weight excluding hydrogens is 110 g/mol. The fourth-order valence-corrected chi connectivity index (χ4v) is 0.919. The van der Waals surface area contributed by atoms with Crippen LogP contribution in [0, 0.1) is 5.92 Å². The molecule has 1 aliphatic rings. The molecule has 0 N–H and O–H groups in total. The second-order valence-corrected chi connectivity index (χ2v) is 3.48. The summed E-state index contributed by atoms with van der Waals surface area (Å²) in [5.41, 5.74) is 0. The van der Waals surface area contributed by atoms with Gasteiger partial charge in [-0.25, -0.2) is 0 Å². The van der Waals surface area contributed by atoms with Gasteiger partial charge in [-0.3, -0.25) is 0 Å². The maximum atomic E-state index is 2.43. The van der Waals surface area contributed by atoms with Gasteiger partial charge in [0, 0.05) is 12.6 Å². The van der Waals surface area contributed by atoms with Gasteiger partial charge < -0.3 is 4.90 Å². The largest absolute Gasteiger partial charge is 0.304 e. The van der Waals surface area contributed by atoms with Crippen molar-refractivity contribution in [3.8, 4) is 0 Å². The molecule has 0 aromatic heterocycles. The van der Waals surface area contributed by atoms with Crippen LogP contribution < -0.4 is 0 Å². The Labute approximate surface area is 58.0 Å². The molecule has 0 spiro atoms. The highest BCUT2D eigenvalue weighted by atomic mass is 15.1. The number of hydrogen-bond acceptors (Lipinski definition) is 1. The molecule has 0 aromatic carbocycles. The summed E-state index contributed by atoms with van der Waals surface area (Å²) in [6.07, 6.45) is 2.94. The van der Waals surface area contributed by atoms with Gasteiger partial charge in [0.25, 0.3) is 0 Å². The highest BCUT2D eigenvalue weighted by molar-refractivity contribution is 4.76. The van der Waals surface area contributed by atoms with E-state index in [1.807, 2.05) is 0 Å². The Kier molecular flexibility index (Phi) is 2.12. The van der Waals surface area contributed by atoms with E-state index in [-0.39, 0.29) is 0 Å². The van der Waals surface area contributed by atoms with E-state index >= 15 is 0 Å². The van der Waals surface area contributed by atoms with Gasteiger partial charge in [-0.05, 0) is 39.7 Å². The Hall–Kier alpha value is -0.0400. The molecule has 0 amide bonds. The van der Waals surface area contributed by atoms with Crippen molar-refractivity contribution in [3.05, 3.63) is 0 Å². The van der Waals surface area contributed by atoms with Crippen LogP contribution in [0.25, 0.3) is 0 Å². The van der Waals surface area contributed by atoms with Crippen LogP contribution in [-0.4, -0.2) is 24.5 Å². The highest BCUT2D eigenvalue weighted by Gasteiger charge is 2.23. The minimum atomic E-state index is 0.727. The van der Waals surface area contributed by atoms with E-state index < -0.39 is 0 Å². The van der Waals surface area contributed by atoms with E-state index in [2.05, 4.69) is 25.8 Å². The van der Waals surface area contributed by atoms with E-state index in [0.29, 0.717) is 0 Å². The first-order valence-corrected chi connectivity index (χ1v) is 3.90. The van der Waals surface area contributed by atoms with Crippen LogP contribution in [0.4, 0.5) is 0 Å². The van der Waals surface area contributed by atoms with Crippen LogP contribution in [0.2, 0.25) is 0 Å². The van der Waals surface area contributed by atoms with E-state index in [0.717, 1.165) is 12.0 Å². The van der Waals surface area contributed by atoms with Gasteiger partial charge in [0.15, 0.2) is 0 Å². The van der Waals surface area contributed by atoms with Crippen LogP contribution >= 0.6 is 0 Å². The molecule has 0 bridgehead atoms. The zero-order valence-corrected chi connectivity index (χ0v) is 6.72. The third-order valence-corrected chi connectivity index (χ3v) is 2.12. The summed E-state index contributed by atoms with van der Waals surface area (Å²) in [7, 11) is 2.21. The van der Waals surface area contributed by atoms with Crippen molar-refractivity contribution in [2.75, 3.05) is 13.6 Å². The van der Waals surface area contributed by atoms with Gasteiger partial charge in [0.05, 0.1) is 0 Å². The van der Waals surface area contributed by atoms with Crippen molar-refractivity contribution in [1.82, 2.24) is 4.90 Å². The molecule has 0 unspecified atom stereocenters. The Morgan fingerprint density at radius 2 is 2.00 bits per heavy atom. The Balaban J connectivity index is 2.09. The van der Waals surface area contributed by atoms with Crippen molar-refractivity contribution < 1.29 is 0 Å². The van der Waals surface area contributed by atoms with Crippen molar-refractivity contribution in [1.29, 1.82) is 0 Å².